The number of carboxylic acids is 1. The second kappa shape index (κ2) is 5.60. The van der Waals surface area contributed by atoms with Gasteiger partial charge < -0.3 is 5.11 Å². The third-order valence-corrected chi connectivity index (χ3v) is 2.97. The van der Waals surface area contributed by atoms with Gasteiger partial charge in [-0.2, -0.15) is 0 Å². The van der Waals surface area contributed by atoms with E-state index in [1.54, 1.807) is 29.2 Å². The SMILES string of the molecule is CCCC(C)n1nnc(C(=O)O)c1-c1ccncc1. The molecule has 1 atom stereocenters. The molecule has 0 bridgehead atoms. The van der Waals surface area contributed by atoms with Crippen molar-refractivity contribution in [3.63, 3.8) is 0 Å². The molecule has 0 amide bonds. The number of nitrogens with zero attached hydrogens (tertiary/aromatic N) is 4. The van der Waals surface area contributed by atoms with E-state index < -0.39 is 5.97 Å². The van der Waals surface area contributed by atoms with Crippen LogP contribution in [0.1, 0.15) is 43.2 Å². The van der Waals surface area contributed by atoms with Crippen molar-refractivity contribution in [3.05, 3.63) is 30.2 Å². The average molecular weight is 260 g/mol. The van der Waals surface area contributed by atoms with E-state index in [-0.39, 0.29) is 11.7 Å². The van der Waals surface area contributed by atoms with Gasteiger partial charge in [0.05, 0.1) is 6.04 Å². The summed E-state index contributed by atoms with van der Waals surface area (Å²) in [7, 11) is 0. The Morgan fingerprint density at radius 2 is 2.11 bits per heavy atom. The van der Waals surface area contributed by atoms with Crippen LogP contribution in [0.4, 0.5) is 0 Å². The molecule has 0 aliphatic rings. The van der Waals surface area contributed by atoms with Gasteiger partial charge in [-0.1, -0.05) is 18.6 Å². The maximum atomic E-state index is 11.3. The summed E-state index contributed by atoms with van der Waals surface area (Å²) in [5.41, 5.74) is 1.28. The van der Waals surface area contributed by atoms with Gasteiger partial charge in [0.2, 0.25) is 0 Å². The standard InChI is InChI=1S/C13H16N4O2/c1-3-4-9(2)17-12(10-5-7-14-8-6-10)11(13(18)19)15-16-17/h5-9H,3-4H2,1-2H3,(H,18,19). The summed E-state index contributed by atoms with van der Waals surface area (Å²) in [6.07, 6.45) is 5.17. The minimum atomic E-state index is -1.07. The molecule has 0 fully saturated rings. The lowest BCUT2D eigenvalue weighted by atomic mass is 10.1. The first-order valence-corrected chi connectivity index (χ1v) is 6.24. The van der Waals surface area contributed by atoms with Gasteiger partial charge in [0.1, 0.15) is 5.69 Å². The largest absolute Gasteiger partial charge is 0.476 e. The topological polar surface area (TPSA) is 80.9 Å². The van der Waals surface area contributed by atoms with Crippen molar-refractivity contribution in [2.75, 3.05) is 0 Å². The number of carboxylic acid groups (broad SMARTS) is 1. The zero-order valence-corrected chi connectivity index (χ0v) is 10.9. The Morgan fingerprint density at radius 1 is 1.42 bits per heavy atom. The van der Waals surface area contributed by atoms with Crippen LogP contribution in [0.3, 0.4) is 0 Å². The van der Waals surface area contributed by atoms with Crippen molar-refractivity contribution in [2.45, 2.75) is 32.7 Å². The first-order valence-electron chi connectivity index (χ1n) is 6.24. The second-order valence-corrected chi connectivity index (χ2v) is 4.41. The van der Waals surface area contributed by atoms with Crippen molar-refractivity contribution in [2.24, 2.45) is 0 Å². The minimum absolute atomic E-state index is 0.0193. The van der Waals surface area contributed by atoms with E-state index in [9.17, 15) is 9.90 Å². The van der Waals surface area contributed by atoms with E-state index in [0.717, 1.165) is 18.4 Å². The lowest BCUT2D eigenvalue weighted by molar-refractivity contribution is 0.0691. The molecular formula is C13H16N4O2. The fourth-order valence-electron chi connectivity index (χ4n) is 2.06. The molecule has 0 saturated heterocycles. The summed E-state index contributed by atoms with van der Waals surface area (Å²) in [5.74, 6) is -1.07. The average Bonchev–Trinajstić information content (AvgIpc) is 2.85. The molecular weight excluding hydrogens is 244 g/mol. The molecule has 0 aromatic carbocycles. The number of hydrogen-bond donors (Lipinski definition) is 1. The molecule has 2 aromatic rings. The molecule has 0 saturated carbocycles. The summed E-state index contributed by atoms with van der Waals surface area (Å²) < 4.78 is 1.68. The van der Waals surface area contributed by atoms with Crippen LogP contribution in [0.25, 0.3) is 11.3 Å². The van der Waals surface area contributed by atoms with E-state index in [4.69, 9.17) is 0 Å². The number of hydrogen-bond acceptors (Lipinski definition) is 4. The molecule has 0 radical (unpaired) electrons. The smallest absolute Gasteiger partial charge is 0.358 e. The van der Waals surface area contributed by atoms with Gasteiger partial charge in [-0.25, -0.2) is 9.48 Å². The van der Waals surface area contributed by atoms with Crippen LogP contribution in [0.2, 0.25) is 0 Å². The van der Waals surface area contributed by atoms with Gasteiger partial charge in [0.25, 0.3) is 0 Å². The van der Waals surface area contributed by atoms with Crippen LogP contribution in [0.15, 0.2) is 24.5 Å². The van der Waals surface area contributed by atoms with Crippen LogP contribution in [0.5, 0.6) is 0 Å². The third-order valence-electron chi connectivity index (χ3n) is 2.97. The normalized spacial score (nSPS) is 12.3. The molecule has 2 heterocycles. The Hall–Kier alpha value is -2.24. The van der Waals surface area contributed by atoms with Crippen molar-refractivity contribution >= 4 is 5.97 Å². The van der Waals surface area contributed by atoms with E-state index in [1.807, 2.05) is 6.92 Å². The third kappa shape index (κ3) is 2.62. The highest BCUT2D eigenvalue weighted by molar-refractivity contribution is 5.92. The summed E-state index contributed by atoms with van der Waals surface area (Å²) in [5, 5.41) is 17.0. The predicted molar refractivity (Wildman–Crippen MR) is 69.8 cm³/mol. The Bertz CT molecular complexity index is 565. The summed E-state index contributed by atoms with van der Waals surface area (Å²) in [6, 6.07) is 3.63. The summed E-state index contributed by atoms with van der Waals surface area (Å²) in [4.78, 5) is 15.2. The van der Waals surface area contributed by atoms with Gasteiger partial charge in [-0.05, 0) is 25.5 Å². The lowest BCUT2D eigenvalue weighted by Gasteiger charge is -2.13. The highest BCUT2D eigenvalue weighted by Crippen LogP contribution is 2.26. The molecule has 0 aliphatic heterocycles. The van der Waals surface area contributed by atoms with Crippen molar-refractivity contribution in [1.29, 1.82) is 0 Å². The summed E-state index contributed by atoms with van der Waals surface area (Å²) >= 11 is 0. The zero-order chi connectivity index (χ0) is 13.8. The molecule has 6 heteroatoms. The number of pyridine rings is 1. The molecule has 1 N–H and O–H groups in total. The highest BCUT2D eigenvalue weighted by Gasteiger charge is 2.22. The van der Waals surface area contributed by atoms with E-state index >= 15 is 0 Å². The molecule has 6 nitrogen and oxygen atoms in total. The number of aromatic nitrogens is 4. The van der Waals surface area contributed by atoms with Gasteiger partial charge in [-0.15, -0.1) is 5.10 Å². The quantitative estimate of drug-likeness (QED) is 0.892. The maximum absolute atomic E-state index is 11.3. The van der Waals surface area contributed by atoms with Gasteiger partial charge in [0, 0.05) is 18.0 Å². The fraction of sp³-hybridized carbons (Fsp3) is 0.385. The van der Waals surface area contributed by atoms with Crippen molar-refractivity contribution < 1.29 is 9.90 Å². The Balaban J connectivity index is 2.54. The summed E-state index contributed by atoms with van der Waals surface area (Å²) in [6.45, 7) is 4.09. The monoisotopic (exact) mass is 260 g/mol. The molecule has 100 valence electrons. The molecule has 2 aromatic heterocycles. The zero-order valence-electron chi connectivity index (χ0n) is 10.9. The van der Waals surface area contributed by atoms with Gasteiger partial charge >= 0.3 is 5.97 Å². The van der Waals surface area contributed by atoms with E-state index in [2.05, 4.69) is 22.2 Å². The van der Waals surface area contributed by atoms with Crippen LogP contribution in [-0.2, 0) is 0 Å². The first-order chi connectivity index (χ1) is 9.15. The Morgan fingerprint density at radius 3 is 2.68 bits per heavy atom. The molecule has 1 unspecified atom stereocenters. The van der Waals surface area contributed by atoms with Crippen molar-refractivity contribution in [1.82, 2.24) is 20.0 Å². The number of rotatable bonds is 5. The number of aromatic carboxylic acids is 1. The van der Waals surface area contributed by atoms with Crippen LogP contribution in [0, 0.1) is 0 Å². The Labute approximate surface area is 111 Å². The minimum Gasteiger partial charge on any atom is -0.476 e. The van der Waals surface area contributed by atoms with Crippen molar-refractivity contribution in [3.8, 4) is 11.3 Å². The predicted octanol–water partition coefficient (Wildman–Crippen LogP) is 2.40. The second-order valence-electron chi connectivity index (χ2n) is 4.41. The van der Waals surface area contributed by atoms with Gasteiger partial charge in [0.15, 0.2) is 5.69 Å². The molecule has 19 heavy (non-hydrogen) atoms. The molecule has 2 rings (SSSR count). The molecule has 0 aliphatic carbocycles. The lowest BCUT2D eigenvalue weighted by Crippen LogP contribution is -2.09. The molecule has 0 spiro atoms. The number of carbonyl (C=O) groups is 1. The van der Waals surface area contributed by atoms with Crippen LogP contribution < -0.4 is 0 Å². The van der Waals surface area contributed by atoms with E-state index in [1.165, 1.54) is 0 Å². The maximum Gasteiger partial charge on any atom is 0.358 e. The highest BCUT2D eigenvalue weighted by atomic mass is 16.4. The first kappa shape index (κ1) is 13.2. The van der Waals surface area contributed by atoms with Gasteiger partial charge in [-0.3, -0.25) is 4.98 Å². The van der Waals surface area contributed by atoms with E-state index in [0.29, 0.717) is 5.69 Å². The van der Waals surface area contributed by atoms with Crippen LogP contribution >= 0.6 is 0 Å². The Kier molecular flexibility index (Phi) is 3.89. The van der Waals surface area contributed by atoms with Crippen LogP contribution in [-0.4, -0.2) is 31.1 Å². The fourth-order valence-corrected chi connectivity index (χ4v) is 2.06.